The monoisotopic (exact) mass is 459 g/mol. The van der Waals surface area contributed by atoms with Gasteiger partial charge in [0, 0.05) is 35.6 Å². The fourth-order valence-corrected chi connectivity index (χ4v) is 3.63. The summed E-state index contributed by atoms with van der Waals surface area (Å²) in [6, 6.07) is 15.5. The van der Waals surface area contributed by atoms with Gasteiger partial charge in [0.2, 0.25) is 0 Å². The van der Waals surface area contributed by atoms with Crippen molar-refractivity contribution in [3.63, 3.8) is 0 Å². The molecule has 1 aromatic heterocycles. The summed E-state index contributed by atoms with van der Waals surface area (Å²) >= 11 is 0. The molecular formula is C25H29N7O2. The van der Waals surface area contributed by atoms with Gasteiger partial charge in [0.05, 0.1) is 32.4 Å². The molecule has 2 aliphatic heterocycles. The predicted molar refractivity (Wildman–Crippen MR) is 136 cm³/mol. The van der Waals surface area contributed by atoms with Crippen molar-refractivity contribution in [2.24, 2.45) is 9.98 Å². The van der Waals surface area contributed by atoms with Gasteiger partial charge in [-0.25, -0.2) is 4.98 Å². The van der Waals surface area contributed by atoms with Crippen LogP contribution in [0.15, 0.2) is 75.5 Å². The third kappa shape index (κ3) is 6.22. The lowest BCUT2D eigenvalue weighted by Crippen LogP contribution is -2.26. The molecule has 5 rings (SSSR count). The fraction of sp³-hybridized carbons (Fsp3) is 0.280. The maximum absolute atomic E-state index is 11.4. The zero-order valence-electron chi connectivity index (χ0n) is 19.2. The van der Waals surface area contributed by atoms with E-state index in [0.717, 1.165) is 66.1 Å². The van der Waals surface area contributed by atoms with E-state index in [1.165, 1.54) is 6.39 Å². The van der Waals surface area contributed by atoms with Crippen molar-refractivity contribution in [2.75, 3.05) is 49.9 Å². The van der Waals surface area contributed by atoms with Gasteiger partial charge in [-0.05, 0) is 31.2 Å². The van der Waals surface area contributed by atoms with E-state index < -0.39 is 0 Å². The molecule has 176 valence electrons. The number of carbonyl (C=O) groups is 1. The minimum absolute atomic E-state index is 0.0735. The van der Waals surface area contributed by atoms with Crippen LogP contribution in [-0.4, -0.2) is 61.7 Å². The Morgan fingerprint density at radius 3 is 2.12 bits per heavy atom. The Hall–Kier alpha value is -4.14. The van der Waals surface area contributed by atoms with E-state index in [1.54, 1.807) is 13.1 Å². The molecule has 9 heteroatoms. The van der Waals surface area contributed by atoms with E-state index in [9.17, 15) is 4.79 Å². The molecule has 2 aliphatic rings. The number of anilines is 2. The largest absolute Gasteiger partial charge is 0.443 e. The number of amidine groups is 2. The second-order valence-corrected chi connectivity index (χ2v) is 7.73. The zero-order valence-corrected chi connectivity index (χ0v) is 19.2. The van der Waals surface area contributed by atoms with Crippen LogP contribution in [-0.2, 0) is 0 Å². The normalized spacial score (nSPS) is 14.1. The van der Waals surface area contributed by atoms with Crippen molar-refractivity contribution in [3.05, 3.63) is 66.7 Å². The van der Waals surface area contributed by atoms with E-state index in [1.807, 2.05) is 48.5 Å². The van der Waals surface area contributed by atoms with Crippen molar-refractivity contribution < 1.29 is 9.21 Å². The number of nitrogens with zero attached hydrogens (tertiary/aromatic N) is 3. The Kier molecular flexibility index (Phi) is 7.89. The summed E-state index contributed by atoms with van der Waals surface area (Å²) in [6.07, 6.45) is 3.15. The molecule has 0 spiro atoms. The van der Waals surface area contributed by atoms with Crippen LogP contribution in [0.5, 0.6) is 0 Å². The molecule has 0 saturated heterocycles. The van der Waals surface area contributed by atoms with Gasteiger partial charge < -0.3 is 25.7 Å². The number of nitrogens with one attached hydrogen (secondary N) is 4. The summed E-state index contributed by atoms with van der Waals surface area (Å²) in [5.41, 5.74) is 3.62. The number of ketones is 1. The highest BCUT2D eigenvalue weighted by molar-refractivity contribution is 6.00. The van der Waals surface area contributed by atoms with Gasteiger partial charge in [-0.15, -0.1) is 0 Å². The third-order valence-electron chi connectivity index (χ3n) is 5.31. The molecular weight excluding hydrogens is 430 g/mol. The molecule has 0 aliphatic carbocycles. The van der Waals surface area contributed by atoms with Gasteiger partial charge in [0.1, 0.15) is 11.7 Å². The van der Waals surface area contributed by atoms with Crippen molar-refractivity contribution >= 4 is 28.8 Å². The second-order valence-electron chi connectivity index (χ2n) is 7.73. The topological polar surface area (TPSA) is 116 Å². The molecule has 4 N–H and O–H groups in total. The van der Waals surface area contributed by atoms with Crippen LogP contribution in [0.3, 0.4) is 0 Å². The Bertz CT molecular complexity index is 1160. The van der Waals surface area contributed by atoms with Crippen LogP contribution >= 0.6 is 0 Å². The van der Waals surface area contributed by atoms with Gasteiger partial charge in [0.25, 0.3) is 0 Å². The summed E-state index contributed by atoms with van der Waals surface area (Å²) < 4.78 is 5.34. The standard InChI is InChI=1S/C13H14N4O.C12H15N3O/c1-2-4-11(17-8-13-15-5-6-16-13)10(3-1)12-7-14-9-18-12;1-9(16)10-4-2-3-5-11(10)15-8-12-13-6-7-14-12/h1-4,7,9,17H,5-6,8H2,(H,15,16);2-5,15H,6-8H2,1H3,(H,13,14). The van der Waals surface area contributed by atoms with E-state index >= 15 is 0 Å². The SMILES string of the molecule is CC(=O)c1ccccc1NCC1=NCCN1.c1ccc(-c2cnco2)c(NCC2=NCCN2)c1. The molecule has 3 heterocycles. The van der Waals surface area contributed by atoms with Gasteiger partial charge in [-0.1, -0.05) is 24.3 Å². The van der Waals surface area contributed by atoms with Gasteiger partial charge in [-0.2, -0.15) is 0 Å². The molecule has 0 atom stereocenters. The maximum Gasteiger partial charge on any atom is 0.181 e. The molecule has 34 heavy (non-hydrogen) atoms. The lowest BCUT2D eigenvalue weighted by Gasteiger charge is -2.10. The first-order valence-corrected chi connectivity index (χ1v) is 11.3. The molecule has 2 aromatic carbocycles. The molecule has 0 saturated carbocycles. The van der Waals surface area contributed by atoms with Gasteiger partial charge >= 0.3 is 0 Å². The summed E-state index contributed by atoms with van der Waals surface area (Å²) in [4.78, 5) is 24.0. The van der Waals surface area contributed by atoms with Crippen molar-refractivity contribution in [1.82, 2.24) is 15.6 Å². The van der Waals surface area contributed by atoms with Crippen molar-refractivity contribution in [3.8, 4) is 11.3 Å². The number of hydrogen-bond donors (Lipinski definition) is 4. The Labute approximate surface area is 198 Å². The molecule has 0 unspecified atom stereocenters. The quantitative estimate of drug-likeness (QED) is 0.383. The number of carbonyl (C=O) groups excluding carboxylic acids is 1. The van der Waals surface area contributed by atoms with E-state index in [-0.39, 0.29) is 5.78 Å². The van der Waals surface area contributed by atoms with Crippen molar-refractivity contribution in [1.29, 1.82) is 0 Å². The van der Waals surface area contributed by atoms with E-state index in [2.05, 4.69) is 36.2 Å². The van der Waals surface area contributed by atoms with Crippen LogP contribution in [0.4, 0.5) is 11.4 Å². The van der Waals surface area contributed by atoms with Crippen LogP contribution in [0.2, 0.25) is 0 Å². The highest BCUT2D eigenvalue weighted by Gasteiger charge is 2.10. The van der Waals surface area contributed by atoms with E-state index in [0.29, 0.717) is 13.1 Å². The Morgan fingerprint density at radius 1 is 0.912 bits per heavy atom. The minimum Gasteiger partial charge on any atom is -0.443 e. The number of benzene rings is 2. The fourth-order valence-electron chi connectivity index (χ4n) is 3.63. The first-order valence-electron chi connectivity index (χ1n) is 11.3. The van der Waals surface area contributed by atoms with Crippen LogP contribution < -0.4 is 21.3 Å². The lowest BCUT2D eigenvalue weighted by molar-refractivity contribution is 0.101. The number of oxazole rings is 1. The molecule has 9 nitrogen and oxygen atoms in total. The molecule has 0 amide bonds. The number of Topliss-reactive ketones (excluding diaryl/α,β-unsaturated/α-hetero) is 1. The lowest BCUT2D eigenvalue weighted by atomic mass is 10.1. The van der Waals surface area contributed by atoms with Crippen molar-refractivity contribution in [2.45, 2.75) is 6.92 Å². The number of aliphatic imine (C=N–C) groups is 2. The zero-order chi connectivity index (χ0) is 23.6. The summed E-state index contributed by atoms with van der Waals surface area (Å²) in [5, 5.41) is 13.0. The Morgan fingerprint density at radius 2 is 1.53 bits per heavy atom. The molecule has 3 aromatic rings. The highest BCUT2D eigenvalue weighted by Crippen LogP contribution is 2.27. The summed E-state index contributed by atoms with van der Waals surface area (Å²) in [5.74, 6) is 2.80. The number of hydrogen-bond acceptors (Lipinski definition) is 9. The number of rotatable bonds is 8. The smallest absolute Gasteiger partial charge is 0.181 e. The first-order chi connectivity index (χ1) is 16.7. The predicted octanol–water partition coefficient (Wildman–Crippen LogP) is 3.06. The second kappa shape index (κ2) is 11.6. The molecule has 0 radical (unpaired) electrons. The maximum atomic E-state index is 11.4. The van der Waals surface area contributed by atoms with Gasteiger partial charge in [-0.3, -0.25) is 14.8 Å². The Balaban J connectivity index is 0.000000162. The number of para-hydroxylation sites is 2. The van der Waals surface area contributed by atoms with Crippen LogP contribution in [0.1, 0.15) is 17.3 Å². The summed E-state index contributed by atoms with van der Waals surface area (Å²) in [6.45, 7) is 6.46. The molecule has 0 fully saturated rings. The minimum atomic E-state index is 0.0735. The average molecular weight is 460 g/mol. The highest BCUT2D eigenvalue weighted by atomic mass is 16.3. The average Bonchev–Trinajstić information content (AvgIpc) is 3.66. The first kappa shape index (κ1) is 23.0. The number of aromatic nitrogens is 1. The van der Waals surface area contributed by atoms with Gasteiger partial charge in [0.15, 0.2) is 17.9 Å². The summed E-state index contributed by atoms with van der Waals surface area (Å²) in [7, 11) is 0. The molecule has 0 bridgehead atoms. The van der Waals surface area contributed by atoms with Crippen LogP contribution in [0, 0.1) is 0 Å². The third-order valence-corrected chi connectivity index (χ3v) is 5.31. The van der Waals surface area contributed by atoms with Crippen LogP contribution in [0.25, 0.3) is 11.3 Å². The van der Waals surface area contributed by atoms with E-state index in [4.69, 9.17) is 4.42 Å².